The number of hydrogen-bond acceptors (Lipinski definition) is 1. The van der Waals surface area contributed by atoms with Crippen molar-refractivity contribution in [1.82, 2.24) is 5.32 Å². The highest BCUT2D eigenvalue weighted by Gasteiger charge is 1.78. The summed E-state index contributed by atoms with van der Waals surface area (Å²) < 4.78 is 0. The van der Waals surface area contributed by atoms with Crippen LogP contribution in [0.15, 0.2) is 0 Å². The van der Waals surface area contributed by atoms with Crippen LogP contribution < -0.4 is 5.32 Å². The van der Waals surface area contributed by atoms with Crippen LogP contribution in [0.25, 0.3) is 0 Å². The first-order valence-electron chi connectivity index (χ1n) is 5.89. The van der Waals surface area contributed by atoms with Crippen LogP contribution in [0.2, 0.25) is 0 Å². The highest BCUT2D eigenvalue weighted by atomic mass is 14.8. The van der Waals surface area contributed by atoms with Crippen LogP contribution in [0.1, 0.15) is 66.7 Å². The first kappa shape index (κ1) is 18.7. The van der Waals surface area contributed by atoms with Crippen LogP contribution in [-0.2, 0) is 0 Å². The summed E-state index contributed by atoms with van der Waals surface area (Å²) in [6, 6.07) is 0. The Bertz CT molecular complexity index is 38.4. The topological polar surface area (TPSA) is 12.0 Å². The van der Waals surface area contributed by atoms with Gasteiger partial charge in [0, 0.05) is 0 Å². The molecule has 1 nitrogen and oxygen atoms in total. The van der Waals surface area contributed by atoms with Crippen molar-refractivity contribution in [3.8, 4) is 0 Å². The monoisotopic (exact) mass is 189 g/mol. The molecule has 0 unspecified atom stereocenters. The van der Waals surface area contributed by atoms with Crippen molar-refractivity contribution in [3.05, 3.63) is 0 Å². The summed E-state index contributed by atoms with van der Waals surface area (Å²) in [5, 5.41) is 3.10. The van der Waals surface area contributed by atoms with Crippen LogP contribution in [0.5, 0.6) is 0 Å². The highest BCUT2D eigenvalue weighted by molar-refractivity contribution is 4.39. The molecule has 0 fully saturated rings. The van der Waals surface area contributed by atoms with Gasteiger partial charge in [-0.15, -0.1) is 0 Å². The summed E-state index contributed by atoms with van der Waals surface area (Å²) in [6.07, 6.45) is 6.51. The Labute approximate surface area is 86.3 Å². The average Bonchev–Trinajstić information content (AvgIpc) is 2.08. The Morgan fingerprint density at radius 1 is 0.769 bits per heavy atom. The zero-order valence-electron chi connectivity index (χ0n) is 10.7. The summed E-state index contributed by atoms with van der Waals surface area (Å²) in [5.74, 6) is 0. The summed E-state index contributed by atoms with van der Waals surface area (Å²) in [5.41, 5.74) is 0. The normalized spacial score (nSPS) is 7.85. The van der Waals surface area contributed by atoms with Gasteiger partial charge in [0.05, 0.1) is 0 Å². The molecule has 0 rings (SSSR count). The van der Waals surface area contributed by atoms with Gasteiger partial charge < -0.3 is 5.32 Å². The van der Waals surface area contributed by atoms with E-state index in [-0.39, 0.29) is 0 Å². The fourth-order valence-electron chi connectivity index (χ4n) is 0.552. The Morgan fingerprint density at radius 2 is 1.15 bits per heavy atom. The number of nitrogens with one attached hydrogen (secondary N) is 1. The lowest BCUT2D eigenvalue weighted by atomic mass is 10.2. The molecule has 0 bridgehead atoms. The molecule has 0 heterocycles. The van der Waals surface area contributed by atoms with Crippen molar-refractivity contribution in [2.24, 2.45) is 0 Å². The maximum atomic E-state index is 3.10. The van der Waals surface area contributed by atoms with E-state index in [1.807, 2.05) is 7.05 Å². The van der Waals surface area contributed by atoms with Crippen molar-refractivity contribution < 1.29 is 0 Å². The fraction of sp³-hybridized carbons (Fsp3) is 1.00. The lowest BCUT2D eigenvalue weighted by molar-refractivity contribution is 0.667. The predicted molar refractivity (Wildman–Crippen MR) is 65.4 cm³/mol. The minimum Gasteiger partial charge on any atom is -0.320 e. The van der Waals surface area contributed by atoms with Gasteiger partial charge in [0.25, 0.3) is 0 Å². The third-order valence-electron chi connectivity index (χ3n) is 1.03. The van der Waals surface area contributed by atoms with E-state index in [2.05, 4.69) is 39.9 Å². The largest absolute Gasteiger partial charge is 0.320 e. The molecule has 0 aliphatic heterocycles. The van der Waals surface area contributed by atoms with E-state index in [1.54, 1.807) is 0 Å². The van der Waals surface area contributed by atoms with E-state index >= 15 is 0 Å². The van der Waals surface area contributed by atoms with Crippen molar-refractivity contribution in [2.75, 3.05) is 13.6 Å². The maximum Gasteiger partial charge on any atom is -0.00519 e. The molecular formula is C12H31N. The van der Waals surface area contributed by atoms with Crippen LogP contribution in [0.4, 0.5) is 0 Å². The Hall–Kier alpha value is -0.0400. The van der Waals surface area contributed by atoms with Crippen molar-refractivity contribution in [3.63, 3.8) is 0 Å². The van der Waals surface area contributed by atoms with E-state index in [0.29, 0.717) is 0 Å². The molecule has 0 radical (unpaired) electrons. The minimum absolute atomic E-state index is 1.17. The van der Waals surface area contributed by atoms with E-state index in [0.717, 1.165) is 0 Å². The van der Waals surface area contributed by atoms with Gasteiger partial charge >= 0.3 is 0 Å². The van der Waals surface area contributed by atoms with Gasteiger partial charge in [-0.3, -0.25) is 0 Å². The Kier molecular flexibility index (Phi) is 42.6. The Morgan fingerprint density at radius 3 is 1.38 bits per heavy atom. The third-order valence-corrected chi connectivity index (χ3v) is 1.03. The second kappa shape index (κ2) is 29.7. The molecule has 0 saturated carbocycles. The molecule has 0 atom stereocenters. The second-order valence-corrected chi connectivity index (χ2v) is 3.22. The van der Waals surface area contributed by atoms with Gasteiger partial charge in [0.1, 0.15) is 0 Å². The molecule has 0 aromatic rings. The molecule has 0 amide bonds. The van der Waals surface area contributed by atoms with Crippen molar-refractivity contribution in [1.29, 1.82) is 0 Å². The van der Waals surface area contributed by atoms with Crippen LogP contribution >= 0.6 is 0 Å². The lowest BCUT2D eigenvalue weighted by Crippen LogP contribution is -2.06. The highest BCUT2D eigenvalue weighted by Crippen LogP contribution is 1.89. The molecule has 0 aromatic carbocycles. The number of hydrogen-bond donors (Lipinski definition) is 1. The third kappa shape index (κ3) is 75.7. The smallest absolute Gasteiger partial charge is 0.00519 e. The molecule has 0 saturated heterocycles. The van der Waals surface area contributed by atoms with Crippen LogP contribution in [0, 0.1) is 0 Å². The van der Waals surface area contributed by atoms with Gasteiger partial charge in [0.15, 0.2) is 0 Å². The van der Waals surface area contributed by atoms with Gasteiger partial charge in [-0.25, -0.2) is 0 Å². The van der Waals surface area contributed by atoms with E-state index in [1.165, 1.54) is 38.6 Å². The molecule has 0 spiro atoms. The Balaban J connectivity index is -0.000000140. The fourth-order valence-corrected chi connectivity index (χ4v) is 0.552. The van der Waals surface area contributed by atoms with E-state index in [4.69, 9.17) is 0 Å². The first-order valence-corrected chi connectivity index (χ1v) is 5.89. The van der Waals surface area contributed by atoms with Crippen LogP contribution in [-0.4, -0.2) is 13.6 Å². The molecule has 84 valence electrons. The summed E-state index contributed by atoms with van der Waals surface area (Å²) in [6.45, 7) is 11.9. The van der Waals surface area contributed by atoms with Gasteiger partial charge in [-0.2, -0.15) is 0 Å². The number of rotatable bonds is 4. The quantitative estimate of drug-likeness (QED) is 0.653. The van der Waals surface area contributed by atoms with E-state index in [9.17, 15) is 0 Å². The number of unbranched alkanes of at least 4 members (excludes halogenated alkanes) is 2. The standard InChI is InChI=1S/C6H15N.2C3H8/c1-3-4-5-6-7-2;2*1-3-2/h7H,3-6H2,1-2H3;2*3H2,1-2H3. The minimum atomic E-state index is 1.17. The summed E-state index contributed by atoms with van der Waals surface area (Å²) in [4.78, 5) is 0. The van der Waals surface area contributed by atoms with Crippen LogP contribution in [0.3, 0.4) is 0 Å². The maximum absolute atomic E-state index is 3.10. The molecule has 1 N–H and O–H groups in total. The molecule has 0 aromatic heterocycles. The SMILES string of the molecule is CCC.CCC.CCCCCNC. The van der Waals surface area contributed by atoms with Gasteiger partial charge in [-0.05, 0) is 20.0 Å². The average molecular weight is 189 g/mol. The van der Waals surface area contributed by atoms with Crippen molar-refractivity contribution in [2.45, 2.75) is 66.7 Å². The summed E-state index contributed by atoms with van der Waals surface area (Å²) in [7, 11) is 2.00. The van der Waals surface area contributed by atoms with Gasteiger partial charge in [-0.1, -0.05) is 60.3 Å². The molecule has 1 heteroatoms. The molecule has 0 aliphatic carbocycles. The second-order valence-electron chi connectivity index (χ2n) is 3.22. The van der Waals surface area contributed by atoms with E-state index < -0.39 is 0 Å². The summed E-state index contributed by atoms with van der Waals surface area (Å²) >= 11 is 0. The predicted octanol–water partition coefficient (Wildman–Crippen LogP) is 4.23. The molecule has 0 aliphatic rings. The first-order chi connectivity index (χ1) is 6.24. The molecular weight excluding hydrogens is 158 g/mol. The van der Waals surface area contributed by atoms with Gasteiger partial charge in [0.2, 0.25) is 0 Å². The zero-order valence-corrected chi connectivity index (χ0v) is 10.7. The molecule has 13 heavy (non-hydrogen) atoms. The zero-order chi connectivity index (χ0) is 10.9. The van der Waals surface area contributed by atoms with Crippen molar-refractivity contribution >= 4 is 0 Å². The lowest BCUT2D eigenvalue weighted by Gasteiger charge is -1.93.